The molecule has 0 aliphatic carbocycles. The minimum Gasteiger partial charge on any atom is -0.381 e. The maximum atomic E-state index is 12.2. The molecule has 0 radical (unpaired) electrons. The molecular weight excluding hydrogens is 288 g/mol. The fourth-order valence-corrected chi connectivity index (χ4v) is 2.40. The normalized spacial score (nSPS) is 18.4. The van der Waals surface area contributed by atoms with Gasteiger partial charge in [-0.25, -0.2) is 0 Å². The van der Waals surface area contributed by atoms with E-state index in [9.17, 15) is 4.79 Å². The van der Waals surface area contributed by atoms with Crippen LogP contribution in [0.3, 0.4) is 0 Å². The molecule has 0 aromatic heterocycles. The molecule has 1 aromatic rings. The third-order valence-electron chi connectivity index (χ3n) is 4.05. The first kappa shape index (κ1) is 18.0. The first-order valence-corrected chi connectivity index (χ1v) is 7.23. The van der Waals surface area contributed by atoms with Crippen LogP contribution in [0.1, 0.15) is 36.8 Å². The van der Waals surface area contributed by atoms with E-state index in [0.29, 0.717) is 32.6 Å². The summed E-state index contributed by atoms with van der Waals surface area (Å²) in [7, 11) is 0. The third-order valence-corrected chi connectivity index (χ3v) is 4.05. The molecule has 1 unspecified atom stereocenters. The molecule has 0 spiro atoms. The van der Waals surface area contributed by atoms with Crippen molar-refractivity contribution in [1.29, 1.82) is 0 Å². The number of rotatable bonds is 4. The second-order valence-electron chi connectivity index (χ2n) is 5.79. The summed E-state index contributed by atoms with van der Waals surface area (Å²) in [5, 5.41) is 2.99. The summed E-state index contributed by atoms with van der Waals surface area (Å²) in [5.41, 5.74) is 7.87. The van der Waals surface area contributed by atoms with Gasteiger partial charge in [0.1, 0.15) is 0 Å². The van der Waals surface area contributed by atoms with E-state index in [2.05, 4.69) is 43.4 Å². The maximum Gasteiger partial charge on any atom is 0.240 e. The number of hydrogen-bond donors (Lipinski definition) is 2. The SMILES string of the molecule is Cc1ccc(C(C)CNC(=O)C2(N)CCOCC2)cc1.Cl. The van der Waals surface area contributed by atoms with Gasteiger partial charge in [0.05, 0.1) is 5.54 Å². The zero-order valence-corrected chi connectivity index (χ0v) is 13.5. The van der Waals surface area contributed by atoms with Crippen molar-refractivity contribution in [1.82, 2.24) is 5.32 Å². The van der Waals surface area contributed by atoms with Gasteiger partial charge >= 0.3 is 0 Å². The Morgan fingerprint density at radius 2 is 1.90 bits per heavy atom. The molecule has 1 aliphatic heterocycles. The Bertz CT molecular complexity index is 456. The van der Waals surface area contributed by atoms with E-state index in [4.69, 9.17) is 10.5 Å². The Morgan fingerprint density at radius 1 is 1.33 bits per heavy atom. The van der Waals surface area contributed by atoms with E-state index >= 15 is 0 Å². The zero-order chi connectivity index (χ0) is 14.6. The number of halogens is 1. The first-order valence-electron chi connectivity index (χ1n) is 7.23. The van der Waals surface area contributed by atoms with Crippen LogP contribution in [0.2, 0.25) is 0 Å². The number of carbonyl (C=O) groups excluding carboxylic acids is 1. The highest BCUT2D eigenvalue weighted by Crippen LogP contribution is 2.19. The summed E-state index contributed by atoms with van der Waals surface area (Å²) in [6.07, 6.45) is 1.19. The predicted octanol–water partition coefficient (Wildman–Crippen LogP) is 2.14. The summed E-state index contributed by atoms with van der Waals surface area (Å²) in [6.45, 7) is 5.92. The maximum absolute atomic E-state index is 12.2. The highest BCUT2D eigenvalue weighted by Gasteiger charge is 2.35. The fourth-order valence-electron chi connectivity index (χ4n) is 2.40. The molecule has 4 nitrogen and oxygen atoms in total. The zero-order valence-electron chi connectivity index (χ0n) is 12.7. The average Bonchev–Trinajstić information content (AvgIpc) is 2.46. The molecule has 1 amide bonds. The van der Waals surface area contributed by atoms with Crippen LogP contribution >= 0.6 is 12.4 Å². The quantitative estimate of drug-likeness (QED) is 0.895. The van der Waals surface area contributed by atoms with Crippen molar-refractivity contribution < 1.29 is 9.53 Å². The molecule has 1 heterocycles. The smallest absolute Gasteiger partial charge is 0.240 e. The monoisotopic (exact) mass is 312 g/mol. The van der Waals surface area contributed by atoms with Gasteiger partial charge in [0.15, 0.2) is 0 Å². The molecule has 1 aliphatic rings. The standard InChI is InChI=1S/C16H24N2O2.ClH/c1-12-3-5-14(6-4-12)13(2)11-18-15(19)16(17)7-9-20-10-8-16;/h3-6,13H,7-11,17H2,1-2H3,(H,18,19);1H. The van der Waals surface area contributed by atoms with Crippen LogP contribution in [-0.2, 0) is 9.53 Å². The Morgan fingerprint density at radius 3 is 2.48 bits per heavy atom. The fraction of sp³-hybridized carbons (Fsp3) is 0.562. The minimum absolute atomic E-state index is 0. The first-order chi connectivity index (χ1) is 9.51. The van der Waals surface area contributed by atoms with Crippen molar-refractivity contribution in [2.75, 3.05) is 19.8 Å². The van der Waals surface area contributed by atoms with Crippen molar-refractivity contribution in [3.8, 4) is 0 Å². The van der Waals surface area contributed by atoms with E-state index in [1.54, 1.807) is 0 Å². The molecule has 2 rings (SSSR count). The van der Waals surface area contributed by atoms with E-state index in [1.165, 1.54) is 11.1 Å². The van der Waals surface area contributed by atoms with Crippen molar-refractivity contribution >= 4 is 18.3 Å². The highest BCUT2D eigenvalue weighted by molar-refractivity contribution is 5.86. The molecule has 0 bridgehead atoms. The summed E-state index contributed by atoms with van der Waals surface area (Å²) in [5.74, 6) is 0.225. The molecule has 118 valence electrons. The number of benzene rings is 1. The molecule has 1 atom stereocenters. The lowest BCUT2D eigenvalue weighted by atomic mass is 9.90. The van der Waals surface area contributed by atoms with Crippen molar-refractivity contribution in [3.05, 3.63) is 35.4 Å². The summed E-state index contributed by atoms with van der Waals surface area (Å²) >= 11 is 0. The molecule has 1 saturated heterocycles. The predicted molar refractivity (Wildman–Crippen MR) is 86.8 cm³/mol. The Labute approximate surface area is 132 Å². The van der Waals surface area contributed by atoms with Crippen LogP contribution in [0.25, 0.3) is 0 Å². The molecule has 0 saturated carbocycles. The van der Waals surface area contributed by atoms with E-state index < -0.39 is 5.54 Å². The van der Waals surface area contributed by atoms with Gasteiger partial charge in [-0.1, -0.05) is 36.8 Å². The molecule has 1 fully saturated rings. The van der Waals surface area contributed by atoms with Gasteiger partial charge in [-0.3, -0.25) is 4.79 Å². The highest BCUT2D eigenvalue weighted by atomic mass is 35.5. The summed E-state index contributed by atoms with van der Waals surface area (Å²) in [6, 6.07) is 8.41. The van der Waals surface area contributed by atoms with Crippen LogP contribution < -0.4 is 11.1 Å². The van der Waals surface area contributed by atoms with Crippen LogP contribution in [0.5, 0.6) is 0 Å². The van der Waals surface area contributed by atoms with Crippen molar-refractivity contribution in [2.45, 2.75) is 38.1 Å². The van der Waals surface area contributed by atoms with E-state index in [1.807, 2.05) is 0 Å². The van der Waals surface area contributed by atoms with Crippen LogP contribution in [0.15, 0.2) is 24.3 Å². The number of hydrogen-bond acceptors (Lipinski definition) is 3. The Hall–Kier alpha value is -1.10. The van der Waals surface area contributed by atoms with Gasteiger partial charge in [-0.05, 0) is 31.2 Å². The second-order valence-corrected chi connectivity index (χ2v) is 5.79. The molecule has 3 N–H and O–H groups in total. The molecule has 21 heavy (non-hydrogen) atoms. The lowest BCUT2D eigenvalue weighted by molar-refractivity contribution is -0.129. The Balaban J connectivity index is 0.00000220. The number of ether oxygens (including phenoxy) is 1. The topological polar surface area (TPSA) is 64.4 Å². The number of carbonyl (C=O) groups is 1. The van der Waals surface area contributed by atoms with E-state index in [0.717, 1.165) is 0 Å². The number of aryl methyl sites for hydroxylation is 1. The third kappa shape index (κ3) is 4.70. The minimum atomic E-state index is -0.759. The number of amides is 1. The van der Waals surface area contributed by atoms with E-state index in [-0.39, 0.29) is 24.2 Å². The number of nitrogens with two attached hydrogens (primary N) is 1. The van der Waals surface area contributed by atoms with Crippen LogP contribution in [0, 0.1) is 6.92 Å². The number of nitrogens with one attached hydrogen (secondary N) is 1. The molecule has 5 heteroatoms. The largest absolute Gasteiger partial charge is 0.381 e. The van der Waals surface area contributed by atoms with Gasteiger partial charge in [0.25, 0.3) is 0 Å². The lowest BCUT2D eigenvalue weighted by Gasteiger charge is -2.32. The van der Waals surface area contributed by atoms with Gasteiger partial charge in [0, 0.05) is 19.8 Å². The average molecular weight is 313 g/mol. The van der Waals surface area contributed by atoms with Gasteiger partial charge < -0.3 is 15.8 Å². The van der Waals surface area contributed by atoms with Gasteiger partial charge in [-0.2, -0.15) is 0 Å². The molecular formula is C16H25ClN2O2. The van der Waals surface area contributed by atoms with Gasteiger partial charge in [-0.15, -0.1) is 12.4 Å². The van der Waals surface area contributed by atoms with Crippen molar-refractivity contribution in [3.63, 3.8) is 0 Å². The van der Waals surface area contributed by atoms with Crippen LogP contribution in [-0.4, -0.2) is 31.2 Å². The molecule has 1 aromatic carbocycles. The summed E-state index contributed by atoms with van der Waals surface area (Å²) < 4.78 is 5.26. The van der Waals surface area contributed by atoms with Gasteiger partial charge in [0.2, 0.25) is 5.91 Å². The lowest BCUT2D eigenvalue weighted by Crippen LogP contribution is -2.57. The van der Waals surface area contributed by atoms with Crippen LogP contribution in [0.4, 0.5) is 0 Å². The van der Waals surface area contributed by atoms with Crippen molar-refractivity contribution in [2.24, 2.45) is 5.73 Å². The summed E-state index contributed by atoms with van der Waals surface area (Å²) in [4.78, 5) is 12.2. The second kappa shape index (κ2) is 7.78. The Kier molecular flexibility index (Phi) is 6.65.